The standard InChI is InChI=1S/C39H64O10/c1-20-11-12-27(44-32(20)25(6)35(40)41)17-28-18-29(43-10)26(7)39(47-28)24(5)19-38(9,49-39)31-13-14-37(8,48-31)34-22(3)16-30(45-34)33-21(2)15-23(4)36(42)46-33/h20-34H,11-19H2,1-10H3,(H,40,41)/t20-,21?,22-,23?,24+,25+,26+,27+,28+,29+,30+,31+,32+,33-,34+,37-,38-,39?/m0/s1. The number of ether oxygens (including phenoxy) is 7. The summed E-state index contributed by atoms with van der Waals surface area (Å²) in [6.45, 7) is 19.0. The Labute approximate surface area is 293 Å². The van der Waals surface area contributed by atoms with Crippen LogP contribution in [0.5, 0.6) is 0 Å². The molecule has 0 aromatic carbocycles. The molecule has 6 aliphatic heterocycles. The maximum atomic E-state index is 12.5. The molecule has 0 aromatic rings. The summed E-state index contributed by atoms with van der Waals surface area (Å²) in [5.41, 5.74) is -1.04. The molecule has 0 aromatic heterocycles. The molecular formula is C39H64O10. The van der Waals surface area contributed by atoms with Crippen LogP contribution in [-0.2, 0) is 42.7 Å². The first kappa shape index (κ1) is 37.5. The summed E-state index contributed by atoms with van der Waals surface area (Å²) in [6.07, 6.45) is 6.34. The maximum absolute atomic E-state index is 12.5. The van der Waals surface area contributed by atoms with Crippen LogP contribution >= 0.6 is 0 Å². The SMILES string of the molecule is CO[C@@H]1C[C@@H](C[C@H]2CC[C@H](C)[C@H]([C@@H](C)C(=O)O)O2)OC2(O[C@](C)([C@H]3CC[C@@](C)([C@@H]4O[C@@H]([C@H]5OC(=O)C(C)CC5C)C[C@@H]4C)O3)C[C@H]2C)[C@@H]1C. The van der Waals surface area contributed by atoms with Gasteiger partial charge in [0.1, 0.15) is 6.10 Å². The second-order valence-corrected chi connectivity index (χ2v) is 17.7. The first-order chi connectivity index (χ1) is 23.0. The summed E-state index contributed by atoms with van der Waals surface area (Å²) in [7, 11) is 1.77. The van der Waals surface area contributed by atoms with Gasteiger partial charge in [0.2, 0.25) is 0 Å². The van der Waals surface area contributed by atoms with Crippen LogP contribution < -0.4 is 0 Å². The molecule has 0 bridgehead atoms. The average Bonchev–Trinajstić information content (AvgIpc) is 3.71. The Morgan fingerprint density at radius 2 is 1.65 bits per heavy atom. The highest BCUT2D eigenvalue weighted by Crippen LogP contribution is 2.57. The molecule has 0 amide bonds. The molecule has 0 radical (unpaired) electrons. The smallest absolute Gasteiger partial charge is 0.309 e. The second-order valence-electron chi connectivity index (χ2n) is 17.7. The Kier molecular flexibility index (Phi) is 10.6. The zero-order valence-corrected chi connectivity index (χ0v) is 31.6. The molecule has 18 atom stereocenters. The van der Waals surface area contributed by atoms with E-state index in [-0.39, 0.29) is 90.3 Å². The average molecular weight is 693 g/mol. The van der Waals surface area contributed by atoms with Gasteiger partial charge in [-0.1, -0.05) is 41.5 Å². The number of cyclic esters (lactones) is 1. The van der Waals surface area contributed by atoms with Crippen LogP contribution in [0.25, 0.3) is 0 Å². The van der Waals surface area contributed by atoms with E-state index in [2.05, 4.69) is 48.5 Å². The van der Waals surface area contributed by atoms with Crippen LogP contribution in [0.2, 0.25) is 0 Å². The largest absolute Gasteiger partial charge is 0.481 e. The Morgan fingerprint density at radius 1 is 0.918 bits per heavy atom. The number of carboxylic acids is 1. The molecule has 6 saturated heterocycles. The number of aliphatic carboxylic acids is 1. The molecule has 1 N–H and O–H groups in total. The summed E-state index contributed by atoms with van der Waals surface area (Å²) >= 11 is 0. The van der Waals surface area contributed by atoms with Gasteiger partial charge in [0, 0.05) is 31.8 Å². The van der Waals surface area contributed by atoms with Crippen molar-refractivity contribution < 1.29 is 47.9 Å². The fourth-order valence-corrected chi connectivity index (χ4v) is 10.9. The summed E-state index contributed by atoms with van der Waals surface area (Å²) in [6, 6.07) is 0. The minimum Gasteiger partial charge on any atom is -0.481 e. The zero-order chi connectivity index (χ0) is 35.6. The number of carboxylic acid groups (broad SMARTS) is 1. The number of methoxy groups -OCH3 is 1. The molecule has 49 heavy (non-hydrogen) atoms. The van der Waals surface area contributed by atoms with Gasteiger partial charge in [-0.05, 0) is 83.5 Å². The van der Waals surface area contributed by atoms with Gasteiger partial charge in [-0.25, -0.2) is 0 Å². The third-order valence-electron chi connectivity index (χ3n) is 13.7. The van der Waals surface area contributed by atoms with Gasteiger partial charge in [-0.15, -0.1) is 0 Å². The fraction of sp³-hybridized carbons (Fsp3) is 0.949. The normalized spacial score (nSPS) is 52.7. The lowest BCUT2D eigenvalue weighted by Crippen LogP contribution is -2.58. The van der Waals surface area contributed by atoms with Crippen LogP contribution in [0.1, 0.15) is 120 Å². The molecule has 1 spiro atoms. The van der Waals surface area contributed by atoms with E-state index in [1.807, 2.05) is 6.92 Å². The molecule has 6 heterocycles. The molecule has 0 saturated carbocycles. The van der Waals surface area contributed by atoms with Gasteiger partial charge in [0.05, 0.1) is 65.8 Å². The summed E-state index contributed by atoms with van der Waals surface area (Å²) in [5.74, 6) is -1.55. The van der Waals surface area contributed by atoms with E-state index in [4.69, 9.17) is 33.2 Å². The highest BCUT2D eigenvalue weighted by atomic mass is 16.7. The van der Waals surface area contributed by atoms with Gasteiger partial charge in [0.15, 0.2) is 5.79 Å². The van der Waals surface area contributed by atoms with E-state index >= 15 is 0 Å². The first-order valence-corrected chi connectivity index (χ1v) is 19.3. The fourth-order valence-electron chi connectivity index (χ4n) is 10.9. The Balaban J connectivity index is 1.13. The van der Waals surface area contributed by atoms with Gasteiger partial charge < -0.3 is 38.3 Å². The lowest BCUT2D eigenvalue weighted by molar-refractivity contribution is -0.352. The lowest BCUT2D eigenvalue weighted by Gasteiger charge is -2.50. The van der Waals surface area contributed by atoms with Crippen molar-refractivity contribution in [1.29, 1.82) is 0 Å². The molecule has 10 heteroatoms. The third-order valence-corrected chi connectivity index (χ3v) is 13.7. The molecule has 6 rings (SSSR count). The van der Waals surface area contributed by atoms with E-state index in [9.17, 15) is 14.7 Å². The highest BCUT2D eigenvalue weighted by Gasteiger charge is 2.65. The van der Waals surface area contributed by atoms with Gasteiger partial charge >= 0.3 is 11.9 Å². The van der Waals surface area contributed by atoms with Crippen molar-refractivity contribution in [3.05, 3.63) is 0 Å². The monoisotopic (exact) mass is 692 g/mol. The number of esters is 1. The minimum absolute atomic E-state index is 0.00676. The van der Waals surface area contributed by atoms with E-state index < -0.39 is 28.9 Å². The molecule has 10 nitrogen and oxygen atoms in total. The van der Waals surface area contributed by atoms with E-state index in [0.29, 0.717) is 6.42 Å². The Bertz CT molecular complexity index is 1210. The minimum atomic E-state index is -0.837. The number of carbonyl (C=O) groups is 2. The van der Waals surface area contributed by atoms with E-state index in [0.717, 1.165) is 51.4 Å². The number of hydrogen-bond donors (Lipinski definition) is 1. The molecule has 6 fully saturated rings. The van der Waals surface area contributed by atoms with Crippen LogP contribution in [0.4, 0.5) is 0 Å². The van der Waals surface area contributed by atoms with Crippen LogP contribution in [0.15, 0.2) is 0 Å². The van der Waals surface area contributed by atoms with Crippen molar-refractivity contribution >= 4 is 11.9 Å². The van der Waals surface area contributed by atoms with Gasteiger partial charge in [-0.3, -0.25) is 9.59 Å². The number of hydrogen-bond acceptors (Lipinski definition) is 9. The Morgan fingerprint density at radius 3 is 2.35 bits per heavy atom. The predicted molar refractivity (Wildman–Crippen MR) is 182 cm³/mol. The predicted octanol–water partition coefficient (Wildman–Crippen LogP) is 6.55. The Hall–Kier alpha value is -1.30. The van der Waals surface area contributed by atoms with Crippen molar-refractivity contribution in [1.82, 2.24) is 0 Å². The topological polar surface area (TPSA) is 119 Å². The van der Waals surface area contributed by atoms with Crippen LogP contribution in [0, 0.1) is 41.4 Å². The van der Waals surface area contributed by atoms with Crippen LogP contribution in [0.3, 0.4) is 0 Å². The quantitative estimate of drug-likeness (QED) is 0.281. The summed E-state index contributed by atoms with van der Waals surface area (Å²) in [4.78, 5) is 24.3. The van der Waals surface area contributed by atoms with Crippen molar-refractivity contribution in [3.63, 3.8) is 0 Å². The van der Waals surface area contributed by atoms with Crippen molar-refractivity contribution in [2.75, 3.05) is 7.11 Å². The summed E-state index contributed by atoms with van der Waals surface area (Å²) in [5, 5.41) is 9.69. The van der Waals surface area contributed by atoms with Crippen molar-refractivity contribution in [2.45, 2.75) is 186 Å². The second kappa shape index (κ2) is 13.9. The van der Waals surface area contributed by atoms with Gasteiger partial charge in [0.25, 0.3) is 0 Å². The van der Waals surface area contributed by atoms with Crippen LogP contribution in [-0.4, -0.2) is 90.0 Å². The molecule has 0 aliphatic carbocycles. The lowest BCUT2D eigenvalue weighted by atomic mass is 9.78. The molecule has 280 valence electrons. The van der Waals surface area contributed by atoms with Crippen molar-refractivity contribution in [3.8, 4) is 0 Å². The first-order valence-electron chi connectivity index (χ1n) is 19.3. The molecular weight excluding hydrogens is 628 g/mol. The summed E-state index contributed by atoms with van der Waals surface area (Å²) < 4.78 is 46.6. The highest BCUT2D eigenvalue weighted by molar-refractivity contribution is 5.73. The number of rotatable bonds is 8. The van der Waals surface area contributed by atoms with Gasteiger partial charge in [-0.2, -0.15) is 0 Å². The molecule has 3 unspecified atom stereocenters. The maximum Gasteiger partial charge on any atom is 0.309 e. The zero-order valence-electron chi connectivity index (χ0n) is 31.6. The van der Waals surface area contributed by atoms with E-state index in [1.165, 1.54) is 0 Å². The molecule has 6 aliphatic rings. The number of carbonyl (C=O) groups excluding carboxylic acids is 1. The third kappa shape index (κ3) is 6.85. The van der Waals surface area contributed by atoms with E-state index in [1.54, 1.807) is 14.0 Å². The van der Waals surface area contributed by atoms with Crippen molar-refractivity contribution in [2.24, 2.45) is 41.4 Å².